The van der Waals surface area contributed by atoms with Gasteiger partial charge in [-0.25, -0.2) is 13.1 Å². The summed E-state index contributed by atoms with van der Waals surface area (Å²) in [5.74, 6) is 0.0152. The minimum atomic E-state index is -3.67. The monoisotopic (exact) mass is 314 g/mol. The van der Waals surface area contributed by atoms with Crippen LogP contribution in [0, 0.1) is 0 Å². The van der Waals surface area contributed by atoms with Crippen molar-refractivity contribution in [2.24, 2.45) is 7.05 Å². The average molecular weight is 314 g/mol. The highest BCUT2D eigenvalue weighted by Gasteiger charge is 2.25. The molecule has 0 aliphatic heterocycles. The average Bonchev–Trinajstić information content (AvgIpc) is 2.98. The van der Waals surface area contributed by atoms with Gasteiger partial charge in [-0.3, -0.25) is 4.68 Å². The van der Waals surface area contributed by atoms with Gasteiger partial charge in [0, 0.05) is 18.1 Å². The topological polar surface area (TPSA) is 90.0 Å². The maximum Gasteiger partial charge on any atom is 0.246 e. The molecule has 2 rings (SSSR count). The lowest BCUT2D eigenvalue weighted by molar-refractivity contribution is 0.540. The molecule has 0 saturated carbocycles. The molecule has 6 nitrogen and oxygen atoms in total. The van der Waals surface area contributed by atoms with Gasteiger partial charge in [-0.1, -0.05) is 19.4 Å². The molecule has 1 atom stereocenters. The number of anilines is 1. The van der Waals surface area contributed by atoms with Gasteiger partial charge in [0.05, 0.1) is 6.04 Å². The highest BCUT2D eigenvalue weighted by molar-refractivity contribution is 7.89. The standard InChI is InChI=1S/C12H18N4O2S2/c1-3-5-9(10-6-4-7-19-10)15-20(17,18)11-8-16(2)14-12(11)13/h4,6-9,15H,3,5H2,1-2H3,(H2,13,14). The maximum absolute atomic E-state index is 12.4. The quantitative estimate of drug-likeness (QED) is 0.852. The lowest BCUT2D eigenvalue weighted by Gasteiger charge is -2.16. The molecule has 0 radical (unpaired) electrons. The van der Waals surface area contributed by atoms with E-state index in [2.05, 4.69) is 9.82 Å². The zero-order valence-corrected chi connectivity index (χ0v) is 13.0. The van der Waals surface area contributed by atoms with E-state index in [9.17, 15) is 8.42 Å². The van der Waals surface area contributed by atoms with Gasteiger partial charge in [0.2, 0.25) is 10.0 Å². The summed E-state index contributed by atoms with van der Waals surface area (Å²) in [6.45, 7) is 2.02. The Bertz CT molecular complexity index is 662. The first kappa shape index (κ1) is 15.0. The number of aromatic nitrogens is 2. The van der Waals surface area contributed by atoms with Gasteiger partial charge in [-0.15, -0.1) is 11.3 Å². The van der Waals surface area contributed by atoms with Crippen LogP contribution in [0.5, 0.6) is 0 Å². The summed E-state index contributed by atoms with van der Waals surface area (Å²) in [6, 6.07) is 3.61. The second-order valence-corrected chi connectivity index (χ2v) is 7.19. The molecule has 2 heterocycles. The number of hydrogen-bond donors (Lipinski definition) is 2. The van der Waals surface area contributed by atoms with Gasteiger partial charge < -0.3 is 5.73 Å². The van der Waals surface area contributed by atoms with Gasteiger partial charge in [-0.2, -0.15) is 5.10 Å². The Labute approximate surface area is 122 Å². The van der Waals surface area contributed by atoms with Crippen LogP contribution in [0.3, 0.4) is 0 Å². The van der Waals surface area contributed by atoms with Gasteiger partial charge in [0.1, 0.15) is 4.90 Å². The molecule has 20 heavy (non-hydrogen) atoms. The largest absolute Gasteiger partial charge is 0.381 e. The predicted molar refractivity (Wildman–Crippen MR) is 79.9 cm³/mol. The van der Waals surface area contributed by atoms with Gasteiger partial charge >= 0.3 is 0 Å². The van der Waals surface area contributed by atoms with Crippen molar-refractivity contribution >= 4 is 27.2 Å². The van der Waals surface area contributed by atoms with Crippen LogP contribution in [0.1, 0.15) is 30.7 Å². The van der Waals surface area contributed by atoms with E-state index < -0.39 is 10.0 Å². The normalized spacial score (nSPS) is 13.5. The summed E-state index contributed by atoms with van der Waals surface area (Å²) in [5, 5.41) is 5.81. The number of aryl methyl sites for hydroxylation is 1. The summed E-state index contributed by atoms with van der Waals surface area (Å²) >= 11 is 1.54. The molecule has 2 aromatic heterocycles. The minimum Gasteiger partial charge on any atom is -0.381 e. The maximum atomic E-state index is 12.4. The van der Waals surface area contributed by atoms with Gasteiger partial charge in [0.15, 0.2) is 5.82 Å². The molecule has 8 heteroatoms. The number of hydrogen-bond acceptors (Lipinski definition) is 5. The molecule has 0 amide bonds. The lowest BCUT2D eigenvalue weighted by Crippen LogP contribution is -2.28. The van der Waals surface area contributed by atoms with E-state index in [1.165, 1.54) is 22.2 Å². The van der Waals surface area contributed by atoms with Crippen molar-refractivity contribution in [3.8, 4) is 0 Å². The number of nitrogen functional groups attached to an aromatic ring is 1. The number of nitrogens with one attached hydrogen (secondary N) is 1. The molecule has 3 N–H and O–H groups in total. The predicted octanol–water partition coefficient (Wildman–Crippen LogP) is 1.88. The molecule has 2 aromatic rings. The van der Waals surface area contributed by atoms with Crippen LogP contribution in [0.25, 0.3) is 0 Å². The molecule has 110 valence electrons. The summed E-state index contributed by atoms with van der Waals surface area (Å²) < 4.78 is 28.9. The fraction of sp³-hybridized carbons (Fsp3) is 0.417. The lowest BCUT2D eigenvalue weighted by atomic mass is 10.1. The van der Waals surface area contributed by atoms with E-state index in [4.69, 9.17) is 5.73 Å². The smallest absolute Gasteiger partial charge is 0.246 e. The van der Waals surface area contributed by atoms with Crippen molar-refractivity contribution in [2.45, 2.75) is 30.7 Å². The Morgan fingerprint density at radius 3 is 2.80 bits per heavy atom. The Kier molecular flexibility index (Phi) is 4.46. The van der Waals surface area contributed by atoms with Crippen LogP contribution in [-0.2, 0) is 17.1 Å². The first-order valence-corrected chi connectivity index (χ1v) is 8.65. The third-order valence-corrected chi connectivity index (χ3v) is 5.35. The minimum absolute atomic E-state index is 0.0152. The first-order valence-electron chi connectivity index (χ1n) is 6.29. The molecular weight excluding hydrogens is 296 g/mol. The van der Waals surface area contributed by atoms with Crippen molar-refractivity contribution in [2.75, 3.05) is 5.73 Å². The van der Waals surface area contributed by atoms with E-state index in [-0.39, 0.29) is 16.8 Å². The van der Waals surface area contributed by atoms with Crippen LogP contribution in [0.2, 0.25) is 0 Å². The van der Waals surface area contributed by atoms with E-state index in [0.29, 0.717) is 0 Å². The second kappa shape index (κ2) is 5.94. The first-order chi connectivity index (χ1) is 9.44. The van der Waals surface area contributed by atoms with Crippen LogP contribution < -0.4 is 10.5 Å². The second-order valence-electron chi connectivity index (χ2n) is 4.53. The molecule has 0 aliphatic carbocycles. The zero-order chi connectivity index (χ0) is 14.8. The molecular formula is C12H18N4O2S2. The summed E-state index contributed by atoms with van der Waals surface area (Å²) in [5.41, 5.74) is 5.65. The van der Waals surface area contributed by atoms with Gasteiger partial charge in [-0.05, 0) is 17.9 Å². The van der Waals surface area contributed by atoms with Crippen LogP contribution in [0.15, 0.2) is 28.6 Å². The van der Waals surface area contributed by atoms with E-state index >= 15 is 0 Å². The highest BCUT2D eigenvalue weighted by Crippen LogP contribution is 2.26. The van der Waals surface area contributed by atoms with Crippen molar-refractivity contribution in [1.29, 1.82) is 0 Å². The van der Waals surface area contributed by atoms with Crippen molar-refractivity contribution in [1.82, 2.24) is 14.5 Å². The van der Waals surface area contributed by atoms with E-state index in [1.807, 2.05) is 24.4 Å². The summed E-state index contributed by atoms with van der Waals surface area (Å²) in [7, 11) is -2.03. The third-order valence-electron chi connectivity index (χ3n) is 2.87. The fourth-order valence-electron chi connectivity index (χ4n) is 1.98. The highest BCUT2D eigenvalue weighted by atomic mass is 32.2. The van der Waals surface area contributed by atoms with Crippen molar-refractivity contribution < 1.29 is 8.42 Å². The fourth-order valence-corrected chi connectivity index (χ4v) is 4.22. The van der Waals surface area contributed by atoms with E-state index in [0.717, 1.165) is 17.7 Å². The zero-order valence-electron chi connectivity index (χ0n) is 11.4. The molecule has 0 bridgehead atoms. The van der Waals surface area contributed by atoms with Crippen LogP contribution in [-0.4, -0.2) is 18.2 Å². The number of sulfonamides is 1. The molecule has 0 aromatic carbocycles. The number of nitrogens with two attached hydrogens (primary N) is 1. The Hall–Kier alpha value is -1.38. The molecule has 0 saturated heterocycles. The molecule has 0 fully saturated rings. The van der Waals surface area contributed by atoms with Gasteiger partial charge in [0.25, 0.3) is 0 Å². The number of nitrogens with zero attached hydrogens (tertiary/aromatic N) is 2. The third kappa shape index (κ3) is 3.20. The Morgan fingerprint density at radius 1 is 1.55 bits per heavy atom. The SMILES string of the molecule is CCCC(NS(=O)(=O)c1cn(C)nc1N)c1cccs1. The Morgan fingerprint density at radius 2 is 2.30 bits per heavy atom. The summed E-state index contributed by atoms with van der Waals surface area (Å²) in [6.07, 6.45) is 3.03. The Balaban J connectivity index is 2.28. The number of thiophene rings is 1. The molecule has 1 unspecified atom stereocenters. The van der Waals surface area contributed by atoms with Crippen LogP contribution in [0.4, 0.5) is 5.82 Å². The van der Waals surface area contributed by atoms with Crippen LogP contribution >= 0.6 is 11.3 Å². The van der Waals surface area contributed by atoms with E-state index in [1.54, 1.807) is 7.05 Å². The van der Waals surface area contributed by atoms with Crippen molar-refractivity contribution in [3.05, 3.63) is 28.6 Å². The van der Waals surface area contributed by atoms with Crippen molar-refractivity contribution in [3.63, 3.8) is 0 Å². The summed E-state index contributed by atoms with van der Waals surface area (Å²) in [4.78, 5) is 1.02. The number of rotatable bonds is 6. The molecule has 0 spiro atoms. The molecule has 0 aliphatic rings.